The van der Waals surface area contributed by atoms with E-state index in [0.717, 1.165) is 19.4 Å². The van der Waals surface area contributed by atoms with Crippen molar-refractivity contribution in [1.29, 1.82) is 0 Å². The molecule has 0 bridgehead atoms. The molecule has 0 radical (unpaired) electrons. The van der Waals surface area contributed by atoms with Crippen LogP contribution in [0, 0.1) is 5.82 Å². The summed E-state index contributed by atoms with van der Waals surface area (Å²) in [6.07, 6.45) is 1.75. The van der Waals surface area contributed by atoms with E-state index in [1.807, 2.05) is 6.92 Å². The lowest BCUT2D eigenvalue weighted by Crippen LogP contribution is -2.50. The summed E-state index contributed by atoms with van der Waals surface area (Å²) in [6.45, 7) is 3.35. The Morgan fingerprint density at radius 3 is 2.95 bits per heavy atom. The van der Waals surface area contributed by atoms with Gasteiger partial charge < -0.3 is 15.0 Å². The second-order valence-corrected chi connectivity index (χ2v) is 4.56. The molecule has 0 aromatic heterocycles. The first kappa shape index (κ1) is 13.8. The van der Waals surface area contributed by atoms with E-state index >= 15 is 0 Å². The Kier molecular flexibility index (Phi) is 4.37. The Morgan fingerprint density at radius 1 is 1.53 bits per heavy atom. The molecule has 0 saturated carbocycles. The smallest absolute Gasteiger partial charge is 0.244 e. The first-order valence-corrected chi connectivity index (χ1v) is 6.55. The van der Waals surface area contributed by atoms with Gasteiger partial charge in [0.2, 0.25) is 5.91 Å². The van der Waals surface area contributed by atoms with E-state index in [1.54, 1.807) is 17.0 Å². The molecule has 5 heteroatoms. The molecule has 0 spiro atoms. The molecule has 1 aliphatic rings. The number of carbonyl (C=O) groups is 1. The monoisotopic (exact) mass is 266 g/mol. The van der Waals surface area contributed by atoms with Crippen LogP contribution in [0.4, 0.5) is 10.1 Å². The summed E-state index contributed by atoms with van der Waals surface area (Å²) >= 11 is 0. The molecule has 2 rings (SSSR count). The molecule has 1 atom stereocenters. The lowest BCUT2D eigenvalue weighted by atomic mass is 10.0. The Morgan fingerprint density at radius 2 is 2.32 bits per heavy atom. The average molecular weight is 266 g/mol. The molecule has 1 aromatic carbocycles. The standard InChI is InChI=1S/C14H19FN2O2/c1-3-16-12-5-4-8-17(14(12)18)10-6-7-13(19-2)11(15)9-10/h6-7,9,12,16H,3-5,8H2,1-2H3. The molecule has 1 N–H and O–H groups in total. The van der Waals surface area contributed by atoms with E-state index < -0.39 is 5.82 Å². The van der Waals surface area contributed by atoms with E-state index in [4.69, 9.17) is 4.74 Å². The van der Waals surface area contributed by atoms with Crippen molar-refractivity contribution >= 4 is 11.6 Å². The van der Waals surface area contributed by atoms with Crippen molar-refractivity contribution in [2.24, 2.45) is 0 Å². The van der Waals surface area contributed by atoms with Gasteiger partial charge in [0.1, 0.15) is 0 Å². The highest BCUT2D eigenvalue weighted by Crippen LogP contribution is 2.26. The van der Waals surface area contributed by atoms with Crippen molar-refractivity contribution in [3.05, 3.63) is 24.0 Å². The van der Waals surface area contributed by atoms with Crippen LogP contribution in [-0.2, 0) is 4.79 Å². The molecular formula is C14H19FN2O2. The molecule has 1 aromatic rings. The number of amides is 1. The molecule has 1 aliphatic heterocycles. The van der Waals surface area contributed by atoms with Crippen molar-refractivity contribution in [2.45, 2.75) is 25.8 Å². The van der Waals surface area contributed by atoms with Crippen LogP contribution in [0.2, 0.25) is 0 Å². The summed E-state index contributed by atoms with van der Waals surface area (Å²) in [5, 5.41) is 3.16. The lowest BCUT2D eigenvalue weighted by molar-refractivity contribution is -0.121. The number of anilines is 1. The summed E-state index contributed by atoms with van der Waals surface area (Å²) in [5.74, 6) is -0.243. The summed E-state index contributed by atoms with van der Waals surface area (Å²) in [7, 11) is 1.42. The first-order valence-electron chi connectivity index (χ1n) is 6.55. The van der Waals surface area contributed by atoms with Gasteiger partial charge in [-0.1, -0.05) is 6.92 Å². The Balaban J connectivity index is 2.20. The van der Waals surface area contributed by atoms with E-state index in [0.29, 0.717) is 12.2 Å². The van der Waals surface area contributed by atoms with Crippen LogP contribution in [0.3, 0.4) is 0 Å². The minimum absolute atomic E-state index is 0.0117. The van der Waals surface area contributed by atoms with Gasteiger partial charge in [-0.3, -0.25) is 4.79 Å². The second-order valence-electron chi connectivity index (χ2n) is 4.56. The molecule has 4 nitrogen and oxygen atoms in total. The van der Waals surface area contributed by atoms with E-state index in [-0.39, 0.29) is 17.7 Å². The van der Waals surface area contributed by atoms with Crippen molar-refractivity contribution in [3.63, 3.8) is 0 Å². The van der Waals surface area contributed by atoms with Crippen molar-refractivity contribution in [2.75, 3.05) is 25.1 Å². The normalized spacial score (nSPS) is 19.6. The summed E-state index contributed by atoms with van der Waals surface area (Å²) in [4.78, 5) is 13.9. The number of hydrogen-bond donors (Lipinski definition) is 1. The SMILES string of the molecule is CCNC1CCCN(c2ccc(OC)c(F)c2)C1=O. The Bertz CT molecular complexity index is 463. The Hall–Kier alpha value is -1.62. The third-order valence-corrected chi connectivity index (χ3v) is 3.34. The predicted octanol–water partition coefficient (Wildman–Crippen LogP) is 1.94. The Labute approximate surface area is 112 Å². The van der Waals surface area contributed by atoms with Crippen LogP contribution in [0.25, 0.3) is 0 Å². The quantitative estimate of drug-likeness (QED) is 0.905. The third kappa shape index (κ3) is 2.87. The maximum absolute atomic E-state index is 13.7. The number of methoxy groups -OCH3 is 1. The lowest BCUT2D eigenvalue weighted by Gasteiger charge is -2.32. The number of hydrogen-bond acceptors (Lipinski definition) is 3. The molecule has 1 amide bonds. The van der Waals surface area contributed by atoms with Crippen molar-refractivity contribution < 1.29 is 13.9 Å². The van der Waals surface area contributed by atoms with Crippen LogP contribution >= 0.6 is 0 Å². The van der Waals surface area contributed by atoms with Crippen LogP contribution in [0.1, 0.15) is 19.8 Å². The van der Waals surface area contributed by atoms with E-state index in [2.05, 4.69) is 5.32 Å². The summed E-state index contributed by atoms with van der Waals surface area (Å²) < 4.78 is 18.6. The highest BCUT2D eigenvalue weighted by molar-refractivity contribution is 5.98. The predicted molar refractivity (Wildman–Crippen MR) is 72.0 cm³/mol. The molecule has 1 heterocycles. The maximum Gasteiger partial charge on any atom is 0.244 e. The zero-order valence-corrected chi connectivity index (χ0v) is 11.3. The fourth-order valence-corrected chi connectivity index (χ4v) is 2.39. The van der Waals surface area contributed by atoms with Gasteiger partial charge >= 0.3 is 0 Å². The summed E-state index contributed by atoms with van der Waals surface area (Å²) in [6, 6.07) is 4.46. The van der Waals surface area contributed by atoms with E-state index in [9.17, 15) is 9.18 Å². The number of ether oxygens (including phenoxy) is 1. The molecule has 19 heavy (non-hydrogen) atoms. The topological polar surface area (TPSA) is 41.6 Å². The maximum atomic E-state index is 13.7. The van der Waals surface area contributed by atoms with Crippen LogP contribution in [0.5, 0.6) is 5.75 Å². The van der Waals surface area contributed by atoms with Crippen LogP contribution in [-0.4, -0.2) is 32.1 Å². The largest absolute Gasteiger partial charge is 0.494 e. The van der Waals surface area contributed by atoms with Gasteiger partial charge in [0.25, 0.3) is 0 Å². The number of piperidine rings is 1. The number of likely N-dealkylation sites (N-methyl/N-ethyl adjacent to an activating group) is 1. The van der Waals surface area contributed by atoms with Gasteiger partial charge in [0, 0.05) is 18.3 Å². The van der Waals surface area contributed by atoms with Gasteiger partial charge in [-0.25, -0.2) is 4.39 Å². The molecule has 1 unspecified atom stereocenters. The number of nitrogens with zero attached hydrogens (tertiary/aromatic N) is 1. The second kappa shape index (κ2) is 6.02. The van der Waals surface area contributed by atoms with Crippen LogP contribution in [0.15, 0.2) is 18.2 Å². The van der Waals surface area contributed by atoms with Gasteiger partial charge in [0.05, 0.1) is 13.2 Å². The van der Waals surface area contributed by atoms with Gasteiger partial charge in [-0.05, 0) is 31.5 Å². The highest BCUT2D eigenvalue weighted by atomic mass is 19.1. The number of rotatable bonds is 4. The van der Waals surface area contributed by atoms with Crippen molar-refractivity contribution in [3.8, 4) is 5.75 Å². The van der Waals surface area contributed by atoms with E-state index in [1.165, 1.54) is 13.2 Å². The average Bonchev–Trinajstić information content (AvgIpc) is 2.41. The molecule has 104 valence electrons. The number of halogens is 1. The van der Waals surface area contributed by atoms with Gasteiger partial charge in [-0.15, -0.1) is 0 Å². The van der Waals surface area contributed by atoms with Gasteiger partial charge in [-0.2, -0.15) is 0 Å². The molecule has 0 aliphatic carbocycles. The number of carbonyl (C=O) groups excluding carboxylic acids is 1. The minimum Gasteiger partial charge on any atom is -0.494 e. The minimum atomic E-state index is -0.446. The summed E-state index contributed by atoms with van der Waals surface area (Å²) in [5.41, 5.74) is 0.589. The van der Waals surface area contributed by atoms with Crippen LogP contribution < -0.4 is 15.0 Å². The van der Waals surface area contributed by atoms with Crippen molar-refractivity contribution in [1.82, 2.24) is 5.32 Å². The fraction of sp³-hybridized carbons (Fsp3) is 0.500. The third-order valence-electron chi connectivity index (χ3n) is 3.34. The zero-order chi connectivity index (χ0) is 13.8. The number of nitrogens with one attached hydrogen (secondary N) is 1. The zero-order valence-electron chi connectivity index (χ0n) is 11.3. The molecular weight excluding hydrogens is 247 g/mol. The fourth-order valence-electron chi connectivity index (χ4n) is 2.39. The molecule has 1 saturated heterocycles. The first-order chi connectivity index (χ1) is 9.17. The van der Waals surface area contributed by atoms with Gasteiger partial charge in [0.15, 0.2) is 11.6 Å². The highest BCUT2D eigenvalue weighted by Gasteiger charge is 2.29. The number of benzene rings is 1. The molecule has 1 fully saturated rings.